The highest BCUT2D eigenvalue weighted by Crippen LogP contribution is 2.16. The fourth-order valence-electron chi connectivity index (χ4n) is 1.74. The topological polar surface area (TPSA) is 50.2 Å². The van der Waals surface area contributed by atoms with E-state index in [1.54, 1.807) is 6.20 Å². The fourth-order valence-corrected chi connectivity index (χ4v) is 2.18. The van der Waals surface area contributed by atoms with E-state index in [2.05, 4.69) is 45.3 Å². The molecule has 0 spiro atoms. The Morgan fingerprint density at radius 3 is 2.79 bits per heavy atom. The third-order valence-corrected chi connectivity index (χ3v) is 3.53. The highest BCUT2D eigenvalue weighted by atomic mass is 79.9. The summed E-state index contributed by atoms with van der Waals surface area (Å²) in [5, 5.41) is 7.41. The van der Waals surface area contributed by atoms with Crippen LogP contribution < -0.4 is 10.9 Å². The van der Waals surface area contributed by atoms with E-state index in [9.17, 15) is 4.79 Å². The molecule has 0 aliphatic rings. The monoisotopic (exact) mass is 330 g/mol. The Labute approximate surface area is 123 Å². The fraction of sp³-hybridized carbons (Fsp3) is 0.692. The summed E-state index contributed by atoms with van der Waals surface area (Å²) in [5.74, 6) is 0. The molecule has 0 aliphatic carbocycles. The predicted octanol–water partition coefficient (Wildman–Crippen LogP) is 2.17. The lowest BCUT2D eigenvalue weighted by molar-refractivity contribution is 0.396. The summed E-state index contributed by atoms with van der Waals surface area (Å²) in [4.78, 5) is 14.1. The summed E-state index contributed by atoms with van der Waals surface area (Å²) in [5.41, 5.74) is 0.711. The summed E-state index contributed by atoms with van der Waals surface area (Å²) in [6, 6.07) is 0. The summed E-state index contributed by atoms with van der Waals surface area (Å²) < 4.78 is 2.06. The molecule has 0 bridgehead atoms. The molecule has 108 valence electrons. The SMILES string of the molecule is CCCn1ncc(NCCCCN(C)C)c(Br)c1=O. The lowest BCUT2D eigenvalue weighted by Crippen LogP contribution is -2.24. The van der Waals surface area contributed by atoms with Gasteiger partial charge in [0.15, 0.2) is 0 Å². The molecule has 1 rings (SSSR count). The molecular formula is C13H23BrN4O. The summed E-state index contributed by atoms with van der Waals surface area (Å²) in [6.45, 7) is 4.62. The van der Waals surface area contributed by atoms with Crippen LogP contribution in [0.3, 0.4) is 0 Å². The molecule has 0 saturated carbocycles. The molecule has 1 heterocycles. The summed E-state index contributed by atoms with van der Waals surface area (Å²) >= 11 is 3.35. The Balaban J connectivity index is 2.51. The van der Waals surface area contributed by atoms with Gasteiger partial charge in [0.05, 0.1) is 11.9 Å². The average Bonchev–Trinajstić information content (AvgIpc) is 2.37. The Hall–Kier alpha value is -0.880. The van der Waals surface area contributed by atoms with E-state index in [1.807, 2.05) is 6.92 Å². The van der Waals surface area contributed by atoms with Gasteiger partial charge in [0.25, 0.3) is 5.56 Å². The van der Waals surface area contributed by atoms with Gasteiger partial charge in [-0.25, -0.2) is 4.68 Å². The molecule has 1 aromatic heterocycles. The third-order valence-electron chi connectivity index (χ3n) is 2.77. The zero-order chi connectivity index (χ0) is 14.3. The van der Waals surface area contributed by atoms with Gasteiger partial charge in [-0.1, -0.05) is 6.92 Å². The van der Waals surface area contributed by atoms with Gasteiger partial charge in [0, 0.05) is 13.1 Å². The van der Waals surface area contributed by atoms with Crippen LogP contribution in [0.2, 0.25) is 0 Å². The van der Waals surface area contributed by atoms with Gasteiger partial charge in [0.2, 0.25) is 0 Å². The molecule has 0 atom stereocenters. The number of hydrogen-bond acceptors (Lipinski definition) is 4. The number of rotatable bonds is 8. The minimum absolute atomic E-state index is 0.0693. The number of aromatic nitrogens is 2. The van der Waals surface area contributed by atoms with Crippen molar-refractivity contribution in [3.05, 3.63) is 21.0 Å². The molecule has 0 unspecified atom stereocenters. The Morgan fingerprint density at radius 2 is 2.16 bits per heavy atom. The standard InChI is InChI=1S/C13H23BrN4O/c1-4-8-18-13(19)12(14)11(10-16-18)15-7-5-6-9-17(2)3/h10,15H,4-9H2,1-3H3. The first-order chi connectivity index (χ1) is 9.06. The molecule has 19 heavy (non-hydrogen) atoms. The molecule has 0 saturated heterocycles. The molecule has 0 aliphatic heterocycles. The number of nitrogens with zero attached hydrogens (tertiary/aromatic N) is 3. The van der Waals surface area contributed by atoms with Gasteiger partial charge >= 0.3 is 0 Å². The Kier molecular flexibility index (Phi) is 7.09. The summed E-state index contributed by atoms with van der Waals surface area (Å²) in [7, 11) is 4.14. The molecule has 5 nitrogen and oxygen atoms in total. The van der Waals surface area contributed by atoms with Crippen molar-refractivity contribution in [2.24, 2.45) is 0 Å². The van der Waals surface area contributed by atoms with Gasteiger partial charge in [-0.05, 0) is 55.8 Å². The maximum absolute atomic E-state index is 12.0. The second kappa shape index (κ2) is 8.32. The van der Waals surface area contributed by atoms with Gasteiger partial charge < -0.3 is 10.2 Å². The molecule has 0 aromatic carbocycles. The molecule has 0 fully saturated rings. The van der Waals surface area contributed by atoms with Crippen LogP contribution >= 0.6 is 15.9 Å². The van der Waals surface area contributed by atoms with E-state index < -0.39 is 0 Å². The number of halogens is 1. The van der Waals surface area contributed by atoms with E-state index in [-0.39, 0.29) is 5.56 Å². The Morgan fingerprint density at radius 1 is 1.42 bits per heavy atom. The molecule has 0 amide bonds. The highest BCUT2D eigenvalue weighted by Gasteiger charge is 2.07. The van der Waals surface area contributed by atoms with Crippen molar-refractivity contribution in [1.82, 2.24) is 14.7 Å². The van der Waals surface area contributed by atoms with Crippen LogP contribution in [-0.4, -0.2) is 41.9 Å². The number of anilines is 1. The predicted molar refractivity (Wildman–Crippen MR) is 82.8 cm³/mol. The second-order valence-electron chi connectivity index (χ2n) is 4.84. The van der Waals surface area contributed by atoms with E-state index in [0.29, 0.717) is 11.0 Å². The third kappa shape index (κ3) is 5.32. The average molecular weight is 331 g/mol. The lowest BCUT2D eigenvalue weighted by atomic mass is 10.3. The highest BCUT2D eigenvalue weighted by molar-refractivity contribution is 9.10. The van der Waals surface area contributed by atoms with E-state index in [0.717, 1.165) is 38.0 Å². The first-order valence-electron chi connectivity index (χ1n) is 6.70. The first kappa shape index (κ1) is 16.2. The Bertz CT molecular complexity index is 445. The van der Waals surface area contributed by atoms with Crippen LogP contribution in [0, 0.1) is 0 Å². The van der Waals surface area contributed by atoms with Crippen LogP contribution in [0.15, 0.2) is 15.5 Å². The van der Waals surface area contributed by atoms with Crippen molar-refractivity contribution in [1.29, 1.82) is 0 Å². The smallest absolute Gasteiger partial charge is 0.283 e. The van der Waals surface area contributed by atoms with Crippen molar-refractivity contribution in [2.45, 2.75) is 32.7 Å². The number of unbranched alkanes of at least 4 members (excludes halogenated alkanes) is 1. The molecule has 6 heteroatoms. The van der Waals surface area contributed by atoms with Gasteiger partial charge in [-0.2, -0.15) is 5.10 Å². The molecule has 1 N–H and O–H groups in total. The minimum Gasteiger partial charge on any atom is -0.383 e. The van der Waals surface area contributed by atoms with E-state index in [1.165, 1.54) is 4.68 Å². The van der Waals surface area contributed by atoms with Gasteiger partial charge in [0.1, 0.15) is 4.47 Å². The van der Waals surface area contributed by atoms with Crippen molar-refractivity contribution in [3.8, 4) is 0 Å². The normalized spacial score (nSPS) is 11.0. The molecule has 1 aromatic rings. The zero-order valence-corrected chi connectivity index (χ0v) is 13.5. The van der Waals surface area contributed by atoms with Crippen molar-refractivity contribution in [2.75, 3.05) is 32.5 Å². The van der Waals surface area contributed by atoms with E-state index in [4.69, 9.17) is 0 Å². The maximum atomic E-state index is 12.0. The van der Waals surface area contributed by atoms with Gasteiger partial charge in [-0.3, -0.25) is 4.79 Å². The number of hydrogen-bond donors (Lipinski definition) is 1. The maximum Gasteiger partial charge on any atom is 0.283 e. The van der Waals surface area contributed by atoms with Crippen molar-refractivity contribution < 1.29 is 0 Å². The lowest BCUT2D eigenvalue weighted by Gasteiger charge is -2.11. The van der Waals surface area contributed by atoms with Crippen molar-refractivity contribution in [3.63, 3.8) is 0 Å². The van der Waals surface area contributed by atoms with Crippen LogP contribution in [-0.2, 0) is 6.54 Å². The van der Waals surface area contributed by atoms with Gasteiger partial charge in [-0.15, -0.1) is 0 Å². The number of aryl methyl sites for hydroxylation is 1. The molecule has 0 radical (unpaired) electrons. The van der Waals surface area contributed by atoms with Crippen LogP contribution in [0.25, 0.3) is 0 Å². The second-order valence-corrected chi connectivity index (χ2v) is 5.63. The van der Waals surface area contributed by atoms with Crippen LogP contribution in [0.4, 0.5) is 5.69 Å². The quantitative estimate of drug-likeness (QED) is 0.742. The minimum atomic E-state index is -0.0693. The van der Waals surface area contributed by atoms with Crippen LogP contribution in [0.5, 0.6) is 0 Å². The number of nitrogens with one attached hydrogen (secondary N) is 1. The van der Waals surface area contributed by atoms with Crippen molar-refractivity contribution >= 4 is 21.6 Å². The first-order valence-corrected chi connectivity index (χ1v) is 7.49. The molecular weight excluding hydrogens is 308 g/mol. The zero-order valence-electron chi connectivity index (χ0n) is 11.9. The summed E-state index contributed by atoms with van der Waals surface area (Å²) in [6.07, 6.45) is 4.82. The largest absolute Gasteiger partial charge is 0.383 e. The van der Waals surface area contributed by atoms with E-state index >= 15 is 0 Å². The van der Waals surface area contributed by atoms with Crippen LogP contribution in [0.1, 0.15) is 26.2 Å².